The minimum Gasteiger partial charge on any atom is -0.367 e. The van der Waals surface area contributed by atoms with Crippen LogP contribution in [0, 0.1) is 17.6 Å². The molecule has 11 heteroatoms. The van der Waals surface area contributed by atoms with Gasteiger partial charge in [0.1, 0.15) is 11.4 Å². The van der Waals surface area contributed by atoms with Gasteiger partial charge in [0.05, 0.1) is 22.4 Å². The van der Waals surface area contributed by atoms with E-state index >= 15 is 0 Å². The normalized spacial score (nSPS) is 17.8. The minimum absolute atomic E-state index is 0.0349. The van der Waals surface area contributed by atoms with Gasteiger partial charge in [-0.15, -0.1) is 0 Å². The molecule has 2 aromatic carbocycles. The van der Waals surface area contributed by atoms with Crippen LogP contribution < -0.4 is 21.5 Å². The van der Waals surface area contributed by atoms with E-state index in [0.29, 0.717) is 23.5 Å². The van der Waals surface area contributed by atoms with Crippen molar-refractivity contribution in [1.29, 1.82) is 0 Å². The number of nitrogens with two attached hydrogens (primary N) is 1. The molecule has 0 spiro atoms. The van der Waals surface area contributed by atoms with E-state index in [1.54, 1.807) is 6.07 Å². The quantitative estimate of drug-likeness (QED) is 0.424. The van der Waals surface area contributed by atoms with Gasteiger partial charge >= 0.3 is 0 Å². The molecule has 0 radical (unpaired) electrons. The molecule has 1 fully saturated rings. The summed E-state index contributed by atoms with van der Waals surface area (Å²) in [7, 11) is 0. The molecule has 1 amide bonds. The third-order valence-corrected chi connectivity index (χ3v) is 6.77. The number of hydrogen-bond donors (Lipinski definition) is 2. The predicted octanol–water partition coefficient (Wildman–Crippen LogP) is 3.65. The molecule has 198 valence electrons. The van der Waals surface area contributed by atoms with Gasteiger partial charge in [0.2, 0.25) is 0 Å². The molecule has 1 aliphatic heterocycles. The lowest BCUT2D eigenvalue weighted by molar-refractivity contribution is 0.102. The summed E-state index contributed by atoms with van der Waals surface area (Å²) in [6, 6.07) is 9.02. The zero-order chi connectivity index (χ0) is 27.4. The first-order chi connectivity index (χ1) is 17.9. The van der Waals surface area contributed by atoms with Crippen molar-refractivity contribution in [3.63, 3.8) is 0 Å². The Balaban J connectivity index is 1.57. The largest absolute Gasteiger partial charge is 0.367 e. The van der Waals surface area contributed by atoms with E-state index in [0.717, 1.165) is 34.8 Å². The maximum Gasteiger partial charge on any atom is 0.276 e. The summed E-state index contributed by atoms with van der Waals surface area (Å²) in [6.07, 6.45) is 1.95. The van der Waals surface area contributed by atoms with Crippen molar-refractivity contribution in [3.05, 3.63) is 76.3 Å². The van der Waals surface area contributed by atoms with Crippen LogP contribution >= 0.6 is 0 Å². The van der Waals surface area contributed by atoms with Gasteiger partial charge in [0, 0.05) is 36.8 Å². The Kier molecular flexibility index (Phi) is 6.26. The summed E-state index contributed by atoms with van der Waals surface area (Å²) in [5, 5.41) is 12.4. The van der Waals surface area contributed by atoms with E-state index in [9.17, 15) is 18.4 Å². The average Bonchev–Trinajstić information content (AvgIpc) is 3.43. The molecule has 1 saturated heterocycles. The summed E-state index contributed by atoms with van der Waals surface area (Å²) < 4.78 is 31.1. The maximum absolute atomic E-state index is 14.4. The number of fused-ring (bicyclic) bond motifs is 1. The molecule has 2 aromatic heterocycles. The number of benzene rings is 2. The number of amides is 1. The Bertz CT molecular complexity index is 1580. The lowest BCUT2D eigenvalue weighted by Crippen LogP contribution is -2.29. The summed E-state index contributed by atoms with van der Waals surface area (Å²) in [4.78, 5) is 27.8. The van der Waals surface area contributed by atoms with Crippen LogP contribution in [0.15, 0.2) is 53.5 Å². The molecule has 5 rings (SSSR count). The molecular weight excluding hydrogens is 492 g/mol. The number of para-hydroxylation sites is 1. The van der Waals surface area contributed by atoms with Gasteiger partial charge in [0.25, 0.3) is 11.5 Å². The van der Waals surface area contributed by atoms with Crippen molar-refractivity contribution in [2.45, 2.75) is 39.3 Å². The first-order valence-corrected chi connectivity index (χ1v) is 12.3. The van der Waals surface area contributed by atoms with Crippen molar-refractivity contribution in [1.82, 2.24) is 19.6 Å². The Morgan fingerprint density at radius 3 is 2.37 bits per heavy atom. The van der Waals surface area contributed by atoms with E-state index in [1.165, 1.54) is 12.1 Å². The number of nitrogens with zero attached hydrogens (tertiary/aromatic N) is 5. The number of carbonyl (C=O) groups is 1. The number of anilines is 2. The van der Waals surface area contributed by atoms with Crippen molar-refractivity contribution in [3.8, 4) is 5.69 Å². The van der Waals surface area contributed by atoms with Crippen LogP contribution in [0.3, 0.4) is 0 Å². The number of aromatic nitrogens is 4. The number of carbonyl (C=O) groups excluding carboxylic acids is 1. The van der Waals surface area contributed by atoms with Crippen LogP contribution in [0.2, 0.25) is 0 Å². The highest BCUT2D eigenvalue weighted by atomic mass is 19.1. The van der Waals surface area contributed by atoms with Crippen LogP contribution in [0.25, 0.3) is 16.6 Å². The molecule has 3 N–H and O–H groups in total. The third-order valence-electron chi connectivity index (χ3n) is 6.77. The van der Waals surface area contributed by atoms with Gasteiger partial charge in [-0.3, -0.25) is 14.3 Å². The van der Waals surface area contributed by atoms with E-state index in [-0.39, 0.29) is 23.2 Å². The van der Waals surface area contributed by atoms with E-state index in [4.69, 9.17) is 10.8 Å². The second-order valence-electron chi connectivity index (χ2n) is 10.7. The first-order valence-electron chi connectivity index (χ1n) is 12.3. The molecular formula is C27H29F2N7O2. The molecule has 9 nitrogen and oxygen atoms in total. The van der Waals surface area contributed by atoms with Crippen LogP contribution in [-0.2, 0) is 5.54 Å². The summed E-state index contributed by atoms with van der Waals surface area (Å²) >= 11 is 0. The fourth-order valence-electron chi connectivity index (χ4n) is 4.61. The lowest BCUT2D eigenvalue weighted by Gasteiger charge is -2.23. The first kappa shape index (κ1) is 25.5. The molecule has 0 unspecified atom stereocenters. The zero-order valence-electron chi connectivity index (χ0n) is 21.6. The van der Waals surface area contributed by atoms with Crippen LogP contribution in [0.4, 0.5) is 20.2 Å². The third kappa shape index (κ3) is 4.53. The van der Waals surface area contributed by atoms with Crippen molar-refractivity contribution >= 4 is 28.2 Å². The van der Waals surface area contributed by atoms with Gasteiger partial charge in [-0.2, -0.15) is 14.9 Å². The molecule has 2 atom stereocenters. The van der Waals surface area contributed by atoms with E-state index in [1.807, 2.05) is 37.7 Å². The highest BCUT2D eigenvalue weighted by Gasteiger charge is 2.31. The zero-order valence-corrected chi connectivity index (χ0v) is 21.6. The second-order valence-corrected chi connectivity index (χ2v) is 10.7. The predicted molar refractivity (Wildman–Crippen MR) is 142 cm³/mol. The van der Waals surface area contributed by atoms with Gasteiger partial charge in [-0.05, 0) is 57.0 Å². The summed E-state index contributed by atoms with van der Waals surface area (Å²) in [5.74, 6) is -2.34. The SMILES string of the molecule is C[C@H]1CN(c2c(NC(=O)c3ccc(=O)n(-c4c(F)cccc4F)n3)ccc3nn(C(C)(C)C)cc23)C[C@@H]1N. The topological polar surface area (TPSA) is 111 Å². The maximum atomic E-state index is 14.4. The average molecular weight is 522 g/mol. The van der Waals surface area contributed by atoms with E-state index in [2.05, 4.69) is 22.2 Å². The van der Waals surface area contributed by atoms with Crippen molar-refractivity contribution < 1.29 is 13.6 Å². The number of hydrogen-bond acceptors (Lipinski definition) is 6. The Labute approximate surface area is 217 Å². The fraction of sp³-hybridized carbons (Fsp3) is 0.333. The highest BCUT2D eigenvalue weighted by Crippen LogP contribution is 2.38. The number of rotatable bonds is 4. The van der Waals surface area contributed by atoms with Gasteiger partial charge in [-0.25, -0.2) is 8.78 Å². The van der Waals surface area contributed by atoms with E-state index < -0.39 is 28.8 Å². The second kappa shape index (κ2) is 9.32. The smallest absolute Gasteiger partial charge is 0.276 e. The van der Waals surface area contributed by atoms with Crippen LogP contribution in [0.5, 0.6) is 0 Å². The summed E-state index contributed by atoms with van der Waals surface area (Å²) in [5.41, 5.74) is 6.51. The lowest BCUT2D eigenvalue weighted by atomic mass is 10.1. The van der Waals surface area contributed by atoms with Crippen molar-refractivity contribution in [2.75, 3.05) is 23.3 Å². The highest BCUT2D eigenvalue weighted by molar-refractivity contribution is 6.08. The molecule has 38 heavy (non-hydrogen) atoms. The standard InChI is InChI=1S/C27H29F2N7O2/c1-15-12-34(14-19(15)30)24-16-13-35(27(2,3)4)32-20(16)8-9-21(24)31-26(38)22-10-11-23(37)36(33-22)25-17(28)6-5-7-18(25)29/h5-11,13,15,19H,12,14,30H2,1-4H3,(H,31,38)/t15-,19-/m0/s1. The van der Waals surface area contributed by atoms with Crippen molar-refractivity contribution in [2.24, 2.45) is 11.7 Å². The molecule has 0 bridgehead atoms. The molecule has 0 aliphatic carbocycles. The van der Waals surface area contributed by atoms with Crippen LogP contribution in [-0.4, -0.2) is 44.6 Å². The van der Waals surface area contributed by atoms with Gasteiger partial charge < -0.3 is 16.0 Å². The number of halogens is 2. The molecule has 0 saturated carbocycles. The van der Waals surface area contributed by atoms with Crippen LogP contribution in [0.1, 0.15) is 38.2 Å². The Morgan fingerprint density at radius 1 is 1.03 bits per heavy atom. The minimum atomic E-state index is -0.972. The fourth-order valence-corrected chi connectivity index (χ4v) is 4.61. The molecule has 1 aliphatic rings. The molecule has 3 heterocycles. The Hall–Kier alpha value is -4.12. The monoisotopic (exact) mass is 521 g/mol. The van der Waals surface area contributed by atoms with Gasteiger partial charge in [0.15, 0.2) is 11.6 Å². The molecule has 4 aromatic rings. The summed E-state index contributed by atoms with van der Waals surface area (Å²) in [6.45, 7) is 9.52. The van der Waals surface area contributed by atoms with Gasteiger partial charge in [-0.1, -0.05) is 13.0 Å². The Morgan fingerprint density at radius 2 is 1.74 bits per heavy atom. The number of nitrogens with one attached hydrogen (secondary N) is 1.